The van der Waals surface area contributed by atoms with Crippen LogP contribution in [-0.2, 0) is 16.0 Å². The van der Waals surface area contributed by atoms with E-state index in [1.54, 1.807) is 0 Å². The second-order valence-electron chi connectivity index (χ2n) is 8.06. The summed E-state index contributed by atoms with van der Waals surface area (Å²) >= 11 is 0. The summed E-state index contributed by atoms with van der Waals surface area (Å²) in [6, 6.07) is 13.9. The normalized spacial score (nSPS) is 15.8. The molecule has 1 aliphatic rings. The second kappa shape index (κ2) is 9.23. The van der Waals surface area contributed by atoms with Crippen LogP contribution in [0.25, 0.3) is 0 Å². The van der Waals surface area contributed by atoms with Crippen molar-refractivity contribution in [1.29, 1.82) is 0 Å². The first-order valence-corrected chi connectivity index (χ1v) is 10.3. The number of nitrogens with zero attached hydrogens (tertiary/aromatic N) is 2. The van der Waals surface area contributed by atoms with Crippen molar-refractivity contribution in [1.82, 2.24) is 9.80 Å². The van der Waals surface area contributed by atoms with Crippen molar-refractivity contribution in [3.05, 3.63) is 64.7 Å². The lowest BCUT2D eigenvalue weighted by Crippen LogP contribution is -2.54. The number of piperazine rings is 1. The number of benzene rings is 2. The van der Waals surface area contributed by atoms with Gasteiger partial charge in [-0.25, -0.2) is 0 Å². The fourth-order valence-corrected chi connectivity index (χ4v) is 3.71. The summed E-state index contributed by atoms with van der Waals surface area (Å²) in [7, 11) is 0. The number of carbonyl (C=O) groups is 2. The molecule has 1 heterocycles. The molecule has 0 aliphatic carbocycles. The molecule has 0 radical (unpaired) electrons. The molecule has 3 rings (SSSR count). The van der Waals surface area contributed by atoms with Crippen molar-refractivity contribution in [3.8, 4) is 0 Å². The van der Waals surface area contributed by atoms with Gasteiger partial charge in [0.1, 0.15) is 0 Å². The van der Waals surface area contributed by atoms with Crippen LogP contribution in [0.4, 0.5) is 5.69 Å². The molecule has 1 fully saturated rings. The number of anilines is 1. The van der Waals surface area contributed by atoms with E-state index >= 15 is 0 Å². The van der Waals surface area contributed by atoms with Crippen LogP contribution < -0.4 is 5.32 Å². The Morgan fingerprint density at radius 2 is 1.55 bits per heavy atom. The van der Waals surface area contributed by atoms with Gasteiger partial charge < -0.3 is 10.2 Å². The van der Waals surface area contributed by atoms with E-state index in [1.165, 1.54) is 11.1 Å². The zero-order valence-electron chi connectivity index (χ0n) is 17.9. The molecule has 1 N–H and O–H groups in total. The predicted octanol–water partition coefficient (Wildman–Crippen LogP) is 3.33. The first kappa shape index (κ1) is 21.1. The van der Waals surface area contributed by atoms with Gasteiger partial charge in [-0.2, -0.15) is 0 Å². The Morgan fingerprint density at radius 1 is 0.931 bits per heavy atom. The van der Waals surface area contributed by atoms with Gasteiger partial charge in [-0.3, -0.25) is 14.5 Å². The number of hydrogen-bond acceptors (Lipinski definition) is 3. The predicted molar refractivity (Wildman–Crippen MR) is 117 cm³/mol. The van der Waals surface area contributed by atoms with Crippen molar-refractivity contribution >= 4 is 17.5 Å². The zero-order valence-corrected chi connectivity index (χ0v) is 17.9. The summed E-state index contributed by atoms with van der Waals surface area (Å²) in [6.45, 7) is 10.8. The fraction of sp³-hybridized carbons (Fsp3) is 0.417. The van der Waals surface area contributed by atoms with Crippen LogP contribution in [0.3, 0.4) is 0 Å². The smallest absolute Gasteiger partial charge is 0.241 e. The molecule has 0 saturated carbocycles. The van der Waals surface area contributed by atoms with Gasteiger partial charge in [-0.1, -0.05) is 47.5 Å². The minimum atomic E-state index is -0.231. The molecule has 1 aliphatic heterocycles. The summed E-state index contributed by atoms with van der Waals surface area (Å²) in [6.07, 6.45) is 0.434. The number of carbonyl (C=O) groups excluding carboxylic acids is 2. The van der Waals surface area contributed by atoms with Gasteiger partial charge >= 0.3 is 0 Å². The third-order valence-electron chi connectivity index (χ3n) is 5.71. The van der Waals surface area contributed by atoms with E-state index in [-0.39, 0.29) is 17.9 Å². The van der Waals surface area contributed by atoms with Crippen LogP contribution in [0, 0.1) is 20.8 Å². The maximum absolute atomic E-state index is 12.7. The van der Waals surface area contributed by atoms with Crippen LogP contribution >= 0.6 is 0 Å². The van der Waals surface area contributed by atoms with Crippen LogP contribution in [0.1, 0.15) is 29.2 Å². The Morgan fingerprint density at radius 3 is 2.17 bits per heavy atom. The summed E-state index contributed by atoms with van der Waals surface area (Å²) in [5, 5.41) is 3.04. The van der Waals surface area contributed by atoms with Gasteiger partial charge in [0.05, 0.1) is 12.5 Å². The van der Waals surface area contributed by atoms with Gasteiger partial charge in [-0.05, 0) is 44.9 Å². The van der Waals surface area contributed by atoms with Crippen LogP contribution in [-0.4, -0.2) is 53.8 Å². The minimum Gasteiger partial charge on any atom is -0.340 e. The topological polar surface area (TPSA) is 52.7 Å². The molecular weight excluding hydrogens is 362 g/mol. The third kappa shape index (κ3) is 5.45. The maximum atomic E-state index is 12.7. The molecule has 2 aromatic carbocycles. The largest absolute Gasteiger partial charge is 0.340 e. The lowest BCUT2D eigenvalue weighted by atomic mass is 10.1. The number of aryl methyl sites for hydroxylation is 3. The van der Waals surface area contributed by atoms with Gasteiger partial charge in [-0.15, -0.1) is 0 Å². The second-order valence-corrected chi connectivity index (χ2v) is 8.06. The van der Waals surface area contributed by atoms with Crippen molar-refractivity contribution < 1.29 is 9.59 Å². The van der Waals surface area contributed by atoms with Gasteiger partial charge in [0.25, 0.3) is 0 Å². The molecule has 2 aromatic rings. The highest BCUT2D eigenvalue weighted by Gasteiger charge is 2.27. The molecular formula is C24H31N3O2. The average molecular weight is 394 g/mol. The first-order valence-electron chi connectivity index (χ1n) is 10.3. The van der Waals surface area contributed by atoms with Crippen molar-refractivity contribution in [2.45, 2.75) is 40.2 Å². The van der Waals surface area contributed by atoms with Gasteiger partial charge in [0, 0.05) is 31.9 Å². The maximum Gasteiger partial charge on any atom is 0.241 e. The molecule has 29 heavy (non-hydrogen) atoms. The van der Waals surface area contributed by atoms with E-state index in [0.29, 0.717) is 32.6 Å². The highest BCUT2D eigenvalue weighted by molar-refractivity contribution is 5.95. The Kier molecular flexibility index (Phi) is 6.70. The van der Waals surface area contributed by atoms with E-state index in [1.807, 2.05) is 69.0 Å². The molecule has 0 bridgehead atoms. The van der Waals surface area contributed by atoms with E-state index in [2.05, 4.69) is 16.3 Å². The molecule has 2 amide bonds. The van der Waals surface area contributed by atoms with Crippen molar-refractivity contribution in [2.75, 3.05) is 31.5 Å². The summed E-state index contributed by atoms with van der Waals surface area (Å²) < 4.78 is 0. The molecule has 5 heteroatoms. The van der Waals surface area contributed by atoms with Gasteiger partial charge in [0.15, 0.2) is 0 Å². The molecule has 0 aromatic heterocycles. The first-order chi connectivity index (χ1) is 13.8. The summed E-state index contributed by atoms with van der Waals surface area (Å²) in [5.74, 6) is 0.150. The fourth-order valence-electron chi connectivity index (χ4n) is 3.71. The lowest BCUT2D eigenvalue weighted by molar-refractivity contribution is -0.133. The SMILES string of the molecule is Cc1ccc(CC(=O)N2CCN(C(C)C(=O)Nc3ccc(C)cc3C)CC2)cc1. The highest BCUT2D eigenvalue weighted by Crippen LogP contribution is 2.17. The molecule has 5 nitrogen and oxygen atoms in total. The molecule has 1 unspecified atom stereocenters. The van der Waals surface area contributed by atoms with Crippen molar-refractivity contribution in [2.24, 2.45) is 0 Å². The Bertz CT molecular complexity index is 868. The average Bonchev–Trinajstić information content (AvgIpc) is 2.71. The van der Waals surface area contributed by atoms with Crippen LogP contribution in [0.2, 0.25) is 0 Å². The van der Waals surface area contributed by atoms with Crippen LogP contribution in [0.15, 0.2) is 42.5 Å². The highest BCUT2D eigenvalue weighted by atomic mass is 16.2. The molecule has 1 atom stereocenters. The number of rotatable bonds is 5. The summed E-state index contributed by atoms with van der Waals surface area (Å²) in [5.41, 5.74) is 5.35. The standard InChI is InChI=1S/C24H31N3O2/c1-17-5-8-21(9-6-17)16-23(28)27-13-11-26(12-14-27)20(4)24(29)25-22-10-7-18(2)15-19(22)3/h5-10,15,20H,11-14,16H2,1-4H3,(H,25,29). The Labute approximate surface area is 173 Å². The molecule has 154 valence electrons. The zero-order chi connectivity index (χ0) is 21.0. The van der Waals surface area contributed by atoms with E-state index in [9.17, 15) is 9.59 Å². The quantitative estimate of drug-likeness (QED) is 0.848. The third-order valence-corrected chi connectivity index (χ3v) is 5.71. The lowest BCUT2D eigenvalue weighted by Gasteiger charge is -2.37. The van der Waals surface area contributed by atoms with E-state index < -0.39 is 0 Å². The Hall–Kier alpha value is -2.66. The monoisotopic (exact) mass is 393 g/mol. The van der Waals surface area contributed by atoms with Crippen molar-refractivity contribution in [3.63, 3.8) is 0 Å². The number of nitrogens with one attached hydrogen (secondary N) is 1. The number of hydrogen-bond donors (Lipinski definition) is 1. The van der Waals surface area contributed by atoms with Crippen LogP contribution in [0.5, 0.6) is 0 Å². The number of amides is 2. The summed E-state index contributed by atoms with van der Waals surface area (Å²) in [4.78, 5) is 29.4. The van der Waals surface area contributed by atoms with E-state index in [4.69, 9.17) is 0 Å². The Balaban J connectivity index is 1.50. The minimum absolute atomic E-state index is 0.00335. The molecule has 1 saturated heterocycles. The van der Waals surface area contributed by atoms with E-state index in [0.717, 1.165) is 16.8 Å². The molecule has 0 spiro atoms. The van der Waals surface area contributed by atoms with Gasteiger partial charge in [0.2, 0.25) is 11.8 Å².